The first-order valence-corrected chi connectivity index (χ1v) is 11.2. The third-order valence-corrected chi connectivity index (χ3v) is 5.90. The third-order valence-electron chi connectivity index (χ3n) is 5.90. The second-order valence-corrected chi connectivity index (χ2v) is 8.15. The van der Waals surface area contributed by atoms with Crippen molar-refractivity contribution in [2.24, 2.45) is 0 Å². The van der Waals surface area contributed by atoms with Crippen molar-refractivity contribution in [2.45, 2.75) is 25.8 Å². The van der Waals surface area contributed by atoms with E-state index >= 15 is 0 Å². The van der Waals surface area contributed by atoms with Crippen LogP contribution in [0.3, 0.4) is 0 Å². The first kappa shape index (κ1) is 21.2. The number of hydrogen-bond donors (Lipinski definition) is 0. The van der Waals surface area contributed by atoms with Gasteiger partial charge in [-0.25, -0.2) is 9.37 Å². The predicted molar refractivity (Wildman–Crippen MR) is 121 cm³/mol. The van der Waals surface area contributed by atoms with Crippen molar-refractivity contribution in [1.29, 1.82) is 0 Å². The SMILES string of the molecule is O=C(COc1ccccc1)N1CCc2nc(N3CCCC3)nc(Oc3ccccc3F)c2C1. The molecule has 2 aromatic carbocycles. The maximum atomic E-state index is 14.3. The zero-order chi connectivity index (χ0) is 22.6. The van der Waals surface area contributed by atoms with Gasteiger partial charge in [-0.3, -0.25) is 4.79 Å². The zero-order valence-electron chi connectivity index (χ0n) is 18.2. The summed E-state index contributed by atoms with van der Waals surface area (Å²) in [6.07, 6.45) is 2.75. The van der Waals surface area contributed by atoms with E-state index in [9.17, 15) is 9.18 Å². The molecule has 1 fully saturated rings. The van der Waals surface area contributed by atoms with Gasteiger partial charge in [0.25, 0.3) is 5.91 Å². The summed E-state index contributed by atoms with van der Waals surface area (Å²) >= 11 is 0. The van der Waals surface area contributed by atoms with E-state index in [4.69, 9.17) is 14.5 Å². The van der Waals surface area contributed by atoms with Crippen LogP contribution in [-0.4, -0.2) is 47.0 Å². The number of carbonyl (C=O) groups excluding carboxylic acids is 1. The lowest BCUT2D eigenvalue weighted by Crippen LogP contribution is -2.39. The van der Waals surface area contributed by atoms with Crippen LogP contribution in [0.15, 0.2) is 54.6 Å². The molecule has 8 heteroatoms. The lowest BCUT2D eigenvalue weighted by Gasteiger charge is -2.30. The minimum Gasteiger partial charge on any atom is -0.484 e. The highest BCUT2D eigenvalue weighted by Gasteiger charge is 2.29. The first-order valence-electron chi connectivity index (χ1n) is 11.2. The molecule has 7 nitrogen and oxygen atoms in total. The Morgan fingerprint density at radius 2 is 1.73 bits per heavy atom. The molecule has 0 spiro atoms. The fourth-order valence-electron chi connectivity index (χ4n) is 4.11. The van der Waals surface area contributed by atoms with Crippen LogP contribution < -0.4 is 14.4 Å². The number of amides is 1. The van der Waals surface area contributed by atoms with Crippen molar-refractivity contribution in [2.75, 3.05) is 31.1 Å². The number of fused-ring (bicyclic) bond motifs is 1. The maximum Gasteiger partial charge on any atom is 0.260 e. The highest BCUT2D eigenvalue weighted by Crippen LogP contribution is 2.33. The molecule has 0 N–H and O–H groups in total. The molecule has 1 saturated heterocycles. The number of hydrogen-bond acceptors (Lipinski definition) is 6. The molecule has 0 unspecified atom stereocenters. The smallest absolute Gasteiger partial charge is 0.260 e. The topological polar surface area (TPSA) is 67.8 Å². The molecule has 2 aliphatic rings. The van der Waals surface area contributed by atoms with Crippen molar-refractivity contribution >= 4 is 11.9 Å². The summed E-state index contributed by atoms with van der Waals surface area (Å²) in [5, 5.41) is 0. The molecular formula is C25H25FN4O3. The Bertz CT molecular complexity index is 1140. The predicted octanol–water partition coefficient (Wildman–Crippen LogP) is 3.97. The Kier molecular flexibility index (Phi) is 6.06. The van der Waals surface area contributed by atoms with Crippen LogP contribution in [0.2, 0.25) is 0 Å². The Morgan fingerprint density at radius 3 is 2.52 bits per heavy atom. The fourth-order valence-corrected chi connectivity index (χ4v) is 4.11. The average molecular weight is 448 g/mol. The Labute approximate surface area is 191 Å². The highest BCUT2D eigenvalue weighted by atomic mass is 19.1. The number of nitrogens with zero attached hydrogens (tertiary/aromatic N) is 4. The van der Waals surface area contributed by atoms with Gasteiger partial charge in [-0.15, -0.1) is 0 Å². The molecule has 3 aromatic rings. The van der Waals surface area contributed by atoms with Crippen LogP contribution in [0.25, 0.3) is 0 Å². The Morgan fingerprint density at radius 1 is 0.970 bits per heavy atom. The van der Waals surface area contributed by atoms with E-state index < -0.39 is 5.82 Å². The summed E-state index contributed by atoms with van der Waals surface area (Å²) in [6, 6.07) is 15.5. The summed E-state index contributed by atoms with van der Waals surface area (Å²) in [5.74, 6) is 1.04. The van der Waals surface area contributed by atoms with E-state index in [1.54, 1.807) is 23.1 Å². The van der Waals surface area contributed by atoms with E-state index in [1.165, 1.54) is 6.07 Å². The van der Waals surface area contributed by atoms with Gasteiger partial charge in [0.15, 0.2) is 18.2 Å². The first-order chi connectivity index (χ1) is 16.2. The maximum absolute atomic E-state index is 14.3. The van der Waals surface area contributed by atoms with Crippen LogP contribution in [-0.2, 0) is 17.8 Å². The van der Waals surface area contributed by atoms with Crippen LogP contribution in [0.1, 0.15) is 24.1 Å². The molecule has 2 aliphatic heterocycles. The average Bonchev–Trinajstić information content (AvgIpc) is 3.39. The van der Waals surface area contributed by atoms with Gasteiger partial charge in [-0.2, -0.15) is 4.98 Å². The molecule has 1 amide bonds. The van der Waals surface area contributed by atoms with Crippen LogP contribution in [0, 0.1) is 5.82 Å². The van der Waals surface area contributed by atoms with E-state index in [0.29, 0.717) is 36.1 Å². The lowest BCUT2D eigenvalue weighted by molar-refractivity contribution is -0.134. The lowest BCUT2D eigenvalue weighted by atomic mass is 10.1. The molecule has 0 aliphatic carbocycles. The van der Waals surface area contributed by atoms with E-state index in [1.807, 2.05) is 30.3 Å². The number of rotatable bonds is 6. The molecule has 1 aromatic heterocycles. The highest BCUT2D eigenvalue weighted by molar-refractivity contribution is 5.78. The summed E-state index contributed by atoms with van der Waals surface area (Å²) in [7, 11) is 0. The van der Waals surface area contributed by atoms with Crippen molar-refractivity contribution in [1.82, 2.24) is 14.9 Å². The van der Waals surface area contributed by atoms with Crippen LogP contribution >= 0.6 is 0 Å². The van der Waals surface area contributed by atoms with Crippen LogP contribution in [0.4, 0.5) is 10.3 Å². The van der Waals surface area contributed by atoms with Crippen molar-refractivity contribution in [3.63, 3.8) is 0 Å². The molecule has 0 saturated carbocycles. The van der Waals surface area contributed by atoms with Crippen LogP contribution in [0.5, 0.6) is 17.4 Å². The number of aromatic nitrogens is 2. The monoisotopic (exact) mass is 448 g/mol. The van der Waals surface area contributed by atoms with Gasteiger partial charge >= 0.3 is 0 Å². The number of ether oxygens (including phenoxy) is 2. The molecule has 33 heavy (non-hydrogen) atoms. The number of benzene rings is 2. The molecular weight excluding hydrogens is 423 g/mol. The summed E-state index contributed by atoms with van der Waals surface area (Å²) in [6.45, 7) is 2.53. The van der Waals surface area contributed by atoms with Gasteiger partial charge in [-0.05, 0) is 37.1 Å². The number of para-hydroxylation sites is 2. The van der Waals surface area contributed by atoms with E-state index in [0.717, 1.165) is 31.6 Å². The molecule has 3 heterocycles. The minimum atomic E-state index is -0.465. The van der Waals surface area contributed by atoms with Gasteiger partial charge in [-0.1, -0.05) is 30.3 Å². The number of carbonyl (C=O) groups is 1. The molecule has 0 atom stereocenters. The molecule has 0 radical (unpaired) electrons. The van der Waals surface area contributed by atoms with Gasteiger partial charge in [0.1, 0.15) is 5.75 Å². The van der Waals surface area contributed by atoms with E-state index in [-0.39, 0.29) is 24.8 Å². The van der Waals surface area contributed by atoms with Gasteiger partial charge in [0.2, 0.25) is 11.8 Å². The second-order valence-electron chi connectivity index (χ2n) is 8.15. The van der Waals surface area contributed by atoms with E-state index in [2.05, 4.69) is 9.88 Å². The van der Waals surface area contributed by atoms with Crippen molar-refractivity contribution in [3.05, 3.63) is 71.7 Å². The summed E-state index contributed by atoms with van der Waals surface area (Å²) < 4.78 is 25.9. The standard InChI is InChI=1S/C25H25FN4O3/c26-20-10-4-5-11-22(20)33-24-19-16-30(23(31)17-32-18-8-2-1-3-9-18)15-12-21(19)27-25(28-24)29-13-6-7-14-29/h1-5,8-11H,6-7,12-17H2. The normalized spacial score (nSPS) is 15.3. The number of anilines is 1. The fraction of sp³-hybridized carbons (Fsp3) is 0.320. The second kappa shape index (κ2) is 9.44. The summed E-state index contributed by atoms with van der Waals surface area (Å²) in [4.78, 5) is 26.1. The summed E-state index contributed by atoms with van der Waals surface area (Å²) in [5.41, 5.74) is 1.55. The quantitative estimate of drug-likeness (QED) is 0.569. The molecule has 0 bridgehead atoms. The largest absolute Gasteiger partial charge is 0.484 e. The number of halogens is 1. The Balaban J connectivity index is 1.39. The van der Waals surface area contributed by atoms with Gasteiger partial charge in [0, 0.05) is 26.1 Å². The van der Waals surface area contributed by atoms with Crippen molar-refractivity contribution in [3.8, 4) is 17.4 Å². The Hall–Kier alpha value is -3.68. The molecule has 5 rings (SSSR count). The molecule has 170 valence electrons. The van der Waals surface area contributed by atoms with Crippen molar-refractivity contribution < 1.29 is 18.7 Å². The third kappa shape index (κ3) is 4.74. The van der Waals surface area contributed by atoms with Gasteiger partial charge < -0.3 is 19.3 Å². The zero-order valence-corrected chi connectivity index (χ0v) is 18.2. The van der Waals surface area contributed by atoms with Gasteiger partial charge in [0.05, 0.1) is 17.8 Å². The minimum absolute atomic E-state index is 0.0600.